The summed E-state index contributed by atoms with van der Waals surface area (Å²) in [6.45, 7) is 2.67. The van der Waals surface area contributed by atoms with Crippen molar-refractivity contribution in [2.45, 2.75) is 24.7 Å². The summed E-state index contributed by atoms with van der Waals surface area (Å²) >= 11 is 1.48. The minimum absolute atomic E-state index is 0.128. The van der Waals surface area contributed by atoms with Crippen molar-refractivity contribution in [3.8, 4) is 0 Å². The maximum Gasteiger partial charge on any atom is 0.212 e. The first-order valence-corrected chi connectivity index (χ1v) is 9.56. The van der Waals surface area contributed by atoms with Crippen molar-refractivity contribution in [2.75, 3.05) is 23.8 Å². The van der Waals surface area contributed by atoms with E-state index in [1.807, 2.05) is 24.3 Å². The van der Waals surface area contributed by atoms with Crippen molar-refractivity contribution in [3.63, 3.8) is 0 Å². The number of anilines is 1. The van der Waals surface area contributed by atoms with Gasteiger partial charge in [0.05, 0.1) is 5.75 Å². The maximum absolute atomic E-state index is 11.9. The average molecular weight is 314 g/mol. The largest absolute Gasteiger partial charge is 0.398 e. The van der Waals surface area contributed by atoms with Gasteiger partial charge >= 0.3 is 0 Å². The van der Waals surface area contributed by atoms with Crippen LogP contribution in [0.15, 0.2) is 29.2 Å². The third-order valence-electron chi connectivity index (χ3n) is 3.58. The van der Waals surface area contributed by atoms with Crippen LogP contribution in [0, 0.1) is 11.8 Å². The first kappa shape index (κ1) is 15.7. The summed E-state index contributed by atoms with van der Waals surface area (Å²) in [5, 5.41) is 0. The Labute approximate surface area is 125 Å². The van der Waals surface area contributed by atoms with E-state index in [-0.39, 0.29) is 5.75 Å². The van der Waals surface area contributed by atoms with Gasteiger partial charge in [0, 0.05) is 22.9 Å². The fourth-order valence-corrected chi connectivity index (χ4v) is 4.54. The molecule has 3 N–H and O–H groups in total. The molecule has 0 radical (unpaired) electrons. The minimum Gasteiger partial charge on any atom is -0.398 e. The topological polar surface area (TPSA) is 72.2 Å². The quantitative estimate of drug-likeness (QED) is 0.570. The maximum atomic E-state index is 11.9. The number of hydrogen-bond acceptors (Lipinski definition) is 4. The SMILES string of the molecule is CC(CNS(=O)(=O)CCSc1ccccc1N)C1CC1. The van der Waals surface area contributed by atoms with Gasteiger partial charge in [-0.1, -0.05) is 19.1 Å². The fourth-order valence-electron chi connectivity index (χ4n) is 2.04. The zero-order chi connectivity index (χ0) is 14.6. The molecule has 4 nitrogen and oxygen atoms in total. The normalized spacial score (nSPS) is 17.1. The van der Waals surface area contributed by atoms with E-state index < -0.39 is 10.0 Å². The van der Waals surface area contributed by atoms with Gasteiger partial charge in [0.15, 0.2) is 0 Å². The van der Waals surface area contributed by atoms with Gasteiger partial charge in [-0.15, -0.1) is 11.8 Å². The summed E-state index contributed by atoms with van der Waals surface area (Å²) in [6.07, 6.45) is 2.48. The van der Waals surface area contributed by atoms with Gasteiger partial charge in [-0.2, -0.15) is 0 Å². The number of thioether (sulfide) groups is 1. The minimum atomic E-state index is -3.18. The van der Waals surface area contributed by atoms with Crippen LogP contribution < -0.4 is 10.5 Å². The van der Waals surface area contributed by atoms with E-state index in [4.69, 9.17) is 5.73 Å². The Morgan fingerprint density at radius 1 is 1.40 bits per heavy atom. The number of nitrogen functional groups attached to an aromatic ring is 1. The second kappa shape index (κ2) is 6.83. The molecule has 0 aliphatic heterocycles. The first-order valence-electron chi connectivity index (χ1n) is 6.92. The molecule has 0 bridgehead atoms. The molecular weight excluding hydrogens is 292 g/mol. The van der Waals surface area contributed by atoms with Crippen LogP contribution >= 0.6 is 11.8 Å². The third kappa shape index (κ3) is 5.00. The molecule has 20 heavy (non-hydrogen) atoms. The average Bonchev–Trinajstić information content (AvgIpc) is 3.23. The Morgan fingerprint density at radius 2 is 2.10 bits per heavy atom. The van der Waals surface area contributed by atoms with Crippen LogP contribution in [0.1, 0.15) is 19.8 Å². The molecule has 0 spiro atoms. The number of nitrogens with one attached hydrogen (secondary N) is 1. The molecule has 1 atom stereocenters. The smallest absolute Gasteiger partial charge is 0.212 e. The monoisotopic (exact) mass is 314 g/mol. The Bertz CT molecular complexity index is 542. The van der Waals surface area contributed by atoms with E-state index >= 15 is 0 Å². The van der Waals surface area contributed by atoms with E-state index in [1.54, 1.807) is 0 Å². The van der Waals surface area contributed by atoms with Gasteiger partial charge in [-0.25, -0.2) is 13.1 Å². The highest BCUT2D eigenvalue weighted by Gasteiger charge is 2.28. The highest BCUT2D eigenvalue weighted by molar-refractivity contribution is 8.00. The molecule has 1 saturated carbocycles. The van der Waals surface area contributed by atoms with Crippen LogP contribution in [0.4, 0.5) is 5.69 Å². The molecule has 112 valence electrons. The zero-order valence-corrected chi connectivity index (χ0v) is 13.3. The Morgan fingerprint density at radius 3 is 2.75 bits per heavy atom. The van der Waals surface area contributed by atoms with Gasteiger partial charge in [0.25, 0.3) is 0 Å². The number of sulfonamides is 1. The molecular formula is C14H22N2O2S2. The van der Waals surface area contributed by atoms with Gasteiger partial charge in [0.2, 0.25) is 10.0 Å². The second-order valence-electron chi connectivity index (χ2n) is 5.37. The van der Waals surface area contributed by atoms with Gasteiger partial charge in [-0.3, -0.25) is 0 Å². The number of para-hydroxylation sites is 1. The number of nitrogens with two attached hydrogens (primary N) is 1. The first-order chi connectivity index (χ1) is 9.48. The lowest BCUT2D eigenvalue weighted by molar-refractivity contribution is 0.492. The molecule has 1 aromatic carbocycles. The molecule has 1 unspecified atom stereocenters. The van der Waals surface area contributed by atoms with Crippen LogP contribution in [0.25, 0.3) is 0 Å². The molecule has 0 saturated heterocycles. The van der Waals surface area contributed by atoms with Crippen molar-refractivity contribution in [2.24, 2.45) is 11.8 Å². The summed E-state index contributed by atoms with van der Waals surface area (Å²) in [5.41, 5.74) is 6.52. The third-order valence-corrected chi connectivity index (χ3v) is 6.28. The summed E-state index contributed by atoms with van der Waals surface area (Å²) in [7, 11) is -3.18. The summed E-state index contributed by atoms with van der Waals surface area (Å²) in [5.74, 6) is 1.81. The summed E-state index contributed by atoms with van der Waals surface area (Å²) in [6, 6.07) is 7.52. The second-order valence-corrected chi connectivity index (χ2v) is 8.43. The van der Waals surface area contributed by atoms with Crippen LogP contribution in [-0.4, -0.2) is 26.5 Å². The van der Waals surface area contributed by atoms with Crippen LogP contribution in [-0.2, 0) is 10.0 Å². The zero-order valence-electron chi connectivity index (χ0n) is 11.7. The lowest BCUT2D eigenvalue weighted by Crippen LogP contribution is -2.31. The van der Waals surface area contributed by atoms with E-state index in [0.29, 0.717) is 23.9 Å². The van der Waals surface area contributed by atoms with Crippen LogP contribution in [0.5, 0.6) is 0 Å². The predicted octanol–water partition coefficient (Wildman–Crippen LogP) is 2.33. The van der Waals surface area contributed by atoms with Gasteiger partial charge in [0.1, 0.15) is 0 Å². The number of rotatable bonds is 8. The Balaban J connectivity index is 1.73. The van der Waals surface area contributed by atoms with Crippen LogP contribution in [0.2, 0.25) is 0 Å². The number of benzene rings is 1. The van der Waals surface area contributed by atoms with E-state index in [9.17, 15) is 8.42 Å². The summed E-state index contributed by atoms with van der Waals surface area (Å²) in [4.78, 5) is 0.939. The summed E-state index contributed by atoms with van der Waals surface area (Å²) < 4.78 is 26.5. The Hall–Kier alpha value is -0.720. The number of hydrogen-bond donors (Lipinski definition) is 2. The molecule has 6 heteroatoms. The van der Waals surface area contributed by atoms with Gasteiger partial charge < -0.3 is 5.73 Å². The standard InChI is InChI=1S/C14H22N2O2S2/c1-11(12-6-7-12)10-16-20(17,18)9-8-19-14-5-3-2-4-13(14)15/h2-5,11-12,16H,6-10,15H2,1H3. The lowest BCUT2D eigenvalue weighted by Gasteiger charge is -2.12. The van der Waals surface area contributed by atoms with E-state index in [1.165, 1.54) is 24.6 Å². The Kier molecular flexibility index (Phi) is 5.35. The fraction of sp³-hybridized carbons (Fsp3) is 0.571. The molecule has 0 aromatic heterocycles. The molecule has 2 rings (SSSR count). The van der Waals surface area contributed by atoms with E-state index in [0.717, 1.165) is 10.8 Å². The van der Waals surface area contributed by atoms with Gasteiger partial charge in [-0.05, 0) is 36.8 Å². The molecule has 1 aliphatic carbocycles. The molecule has 0 amide bonds. The highest BCUT2D eigenvalue weighted by atomic mass is 32.2. The van der Waals surface area contributed by atoms with Crippen molar-refractivity contribution in [1.29, 1.82) is 0 Å². The van der Waals surface area contributed by atoms with Crippen molar-refractivity contribution >= 4 is 27.5 Å². The molecule has 0 heterocycles. The van der Waals surface area contributed by atoms with Crippen molar-refractivity contribution in [1.82, 2.24) is 4.72 Å². The molecule has 1 aromatic rings. The predicted molar refractivity (Wildman–Crippen MR) is 85.3 cm³/mol. The highest BCUT2D eigenvalue weighted by Crippen LogP contribution is 2.36. The molecule has 1 aliphatic rings. The molecule has 1 fully saturated rings. The van der Waals surface area contributed by atoms with Crippen molar-refractivity contribution < 1.29 is 8.42 Å². The lowest BCUT2D eigenvalue weighted by atomic mass is 10.1. The van der Waals surface area contributed by atoms with E-state index in [2.05, 4.69) is 11.6 Å². The van der Waals surface area contributed by atoms with Crippen LogP contribution in [0.3, 0.4) is 0 Å². The van der Waals surface area contributed by atoms with Crippen molar-refractivity contribution in [3.05, 3.63) is 24.3 Å².